The molecule has 1 fully saturated rings. The first-order chi connectivity index (χ1) is 10.1. The van der Waals surface area contributed by atoms with Crippen molar-refractivity contribution in [1.29, 1.82) is 0 Å². The molecule has 3 N–H and O–H groups in total. The number of piperidine rings is 1. The van der Waals surface area contributed by atoms with Crippen molar-refractivity contribution >= 4 is 23.1 Å². The van der Waals surface area contributed by atoms with Gasteiger partial charge in [-0.1, -0.05) is 0 Å². The van der Waals surface area contributed by atoms with E-state index in [0.717, 1.165) is 31.5 Å². The van der Waals surface area contributed by atoms with Gasteiger partial charge in [-0.15, -0.1) is 0 Å². The minimum atomic E-state index is -0.818. The van der Waals surface area contributed by atoms with Gasteiger partial charge >= 0.3 is 6.09 Å². The highest BCUT2D eigenvalue weighted by Gasteiger charge is 2.22. The summed E-state index contributed by atoms with van der Waals surface area (Å²) < 4.78 is 1.98. The second-order valence-electron chi connectivity index (χ2n) is 5.37. The Kier molecular flexibility index (Phi) is 3.59. The molecule has 0 aliphatic carbocycles. The number of anilines is 1. The van der Waals surface area contributed by atoms with Crippen molar-refractivity contribution in [3.63, 3.8) is 0 Å². The van der Waals surface area contributed by atoms with Gasteiger partial charge in [-0.3, -0.25) is 0 Å². The average molecular weight is 290 g/mol. The van der Waals surface area contributed by atoms with Gasteiger partial charge in [-0.2, -0.15) is 0 Å². The van der Waals surface area contributed by atoms with E-state index in [0.29, 0.717) is 30.3 Å². The van der Waals surface area contributed by atoms with Crippen LogP contribution in [-0.2, 0) is 6.54 Å². The van der Waals surface area contributed by atoms with Gasteiger partial charge in [0.15, 0.2) is 11.5 Å². The Labute approximate surface area is 121 Å². The van der Waals surface area contributed by atoms with Crippen molar-refractivity contribution in [2.75, 3.05) is 18.8 Å². The third kappa shape index (κ3) is 2.74. The van der Waals surface area contributed by atoms with Crippen molar-refractivity contribution < 1.29 is 9.90 Å². The molecule has 0 saturated carbocycles. The van der Waals surface area contributed by atoms with Crippen LogP contribution in [0.1, 0.15) is 19.3 Å². The van der Waals surface area contributed by atoms with E-state index in [2.05, 4.69) is 15.0 Å². The van der Waals surface area contributed by atoms with E-state index in [1.165, 1.54) is 11.2 Å². The molecule has 1 aliphatic heterocycles. The number of rotatable bonds is 3. The molecule has 3 rings (SSSR count). The van der Waals surface area contributed by atoms with E-state index < -0.39 is 6.09 Å². The zero-order chi connectivity index (χ0) is 14.8. The van der Waals surface area contributed by atoms with Crippen molar-refractivity contribution in [3.05, 3.63) is 12.7 Å². The van der Waals surface area contributed by atoms with Gasteiger partial charge in [-0.05, 0) is 25.2 Å². The van der Waals surface area contributed by atoms with Gasteiger partial charge in [0.25, 0.3) is 0 Å². The quantitative estimate of drug-likeness (QED) is 0.878. The first kappa shape index (κ1) is 13.6. The Morgan fingerprint density at radius 2 is 2.10 bits per heavy atom. The number of aryl methyl sites for hydroxylation is 1. The van der Waals surface area contributed by atoms with Crippen molar-refractivity contribution in [1.82, 2.24) is 24.4 Å². The number of fused-ring (bicyclic) bond motifs is 1. The number of carbonyl (C=O) groups is 1. The van der Waals surface area contributed by atoms with E-state index in [4.69, 9.17) is 10.8 Å². The molecule has 1 saturated heterocycles. The molecule has 21 heavy (non-hydrogen) atoms. The lowest BCUT2D eigenvalue weighted by atomic mass is 9.94. The summed E-state index contributed by atoms with van der Waals surface area (Å²) in [4.78, 5) is 24.7. The number of hydrogen-bond donors (Lipinski definition) is 2. The second-order valence-corrected chi connectivity index (χ2v) is 5.37. The lowest BCUT2D eigenvalue weighted by Gasteiger charge is -2.29. The fraction of sp³-hybridized carbons (Fsp3) is 0.538. The molecule has 0 radical (unpaired) electrons. The Hall–Kier alpha value is -2.38. The Morgan fingerprint density at radius 1 is 1.33 bits per heavy atom. The maximum absolute atomic E-state index is 10.9. The third-order valence-corrected chi connectivity index (χ3v) is 4.09. The number of amides is 1. The van der Waals surface area contributed by atoms with E-state index in [1.807, 2.05) is 4.57 Å². The smallest absolute Gasteiger partial charge is 0.407 e. The molecule has 8 heteroatoms. The van der Waals surface area contributed by atoms with Crippen LogP contribution in [0.5, 0.6) is 0 Å². The van der Waals surface area contributed by atoms with Crippen LogP contribution < -0.4 is 5.73 Å². The number of nitrogen functional groups attached to an aromatic ring is 1. The Bertz CT molecular complexity index is 647. The molecule has 0 aromatic carbocycles. The lowest BCUT2D eigenvalue weighted by molar-refractivity contribution is 0.122. The molecule has 2 aromatic rings. The molecular formula is C13H18N6O2. The fourth-order valence-corrected chi connectivity index (χ4v) is 2.80. The average Bonchev–Trinajstić information content (AvgIpc) is 2.90. The molecule has 0 atom stereocenters. The number of carboxylic acid groups (broad SMARTS) is 1. The fourth-order valence-electron chi connectivity index (χ4n) is 2.80. The molecule has 8 nitrogen and oxygen atoms in total. The predicted octanol–water partition coefficient (Wildman–Crippen LogP) is 1.19. The molecule has 0 unspecified atom stereocenters. The molecule has 1 amide bonds. The third-order valence-electron chi connectivity index (χ3n) is 4.09. The minimum absolute atomic E-state index is 0.397. The number of likely N-dealkylation sites (tertiary alicyclic amines) is 1. The van der Waals surface area contributed by atoms with Crippen LogP contribution in [0.3, 0.4) is 0 Å². The maximum Gasteiger partial charge on any atom is 0.407 e. The van der Waals surface area contributed by atoms with Crippen LogP contribution in [0.4, 0.5) is 10.6 Å². The number of aromatic nitrogens is 4. The molecule has 112 valence electrons. The maximum atomic E-state index is 10.9. The molecule has 1 aliphatic rings. The molecular weight excluding hydrogens is 272 g/mol. The van der Waals surface area contributed by atoms with E-state index in [9.17, 15) is 4.79 Å². The Morgan fingerprint density at radius 3 is 2.81 bits per heavy atom. The van der Waals surface area contributed by atoms with Gasteiger partial charge in [0.05, 0.1) is 6.33 Å². The topological polar surface area (TPSA) is 110 Å². The lowest BCUT2D eigenvalue weighted by Crippen LogP contribution is -2.37. The van der Waals surface area contributed by atoms with Crippen LogP contribution in [0.15, 0.2) is 12.7 Å². The van der Waals surface area contributed by atoms with Gasteiger partial charge in [-0.25, -0.2) is 19.7 Å². The predicted molar refractivity (Wildman–Crippen MR) is 76.7 cm³/mol. The summed E-state index contributed by atoms with van der Waals surface area (Å²) in [5, 5.41) is 8.94. The summed E-state index contributed by atoms with van der Waals surface area (Å²) in [6.45, 7) is 2.06. The van der Waals surface area contributed by atoms with Crippen LogP contribution in [0.25, 0.3) is 11.2 Å². The summed E-state index contributed by atoms with van der Waals surface area (Å²) in [7, 11) is 0. The van der Waals surface area contributed by atoms with E-state index >= 15 is 0 Å². The summed E-state index contributed by atoms with van der Waals surface area (Å²) in [6.07, 6.45) is 5.18. The highest BCUT2D eigenvalue weighted by atomic mass is 16.4. The standard InChI is InChI=1S/C13H18N6O2/c14-11-10-12(16-7-15-11)19(8-17-10)6-3-9-1-4-18(5-2-9)13(20)21/h7-9H,1-6H2,(H,20,21)(H2,14,15,16). The van der Waals surface area contributed by atoms with Crippen molar-refractivity contribution in [2.45, 2.75) is 25.8 Å². The van der Waals surface area contributed by atoms with Crippen LogP contribution in [-0.4, -0.2) is 48.7 Å². The first-order valence-corrected chi connectivity index (χ1v) is 7.04. The number of nitrogens with two attached hydrogens (primary N) is 1. The monoisotopic (exact) mass is 290 g/mol. The molecule has 2 aromatic heterocycles. The van der Waals surface area contributed by atoms with Gasteiger partial charge < -0.3 is 20.3 Å². The summed E-state index contributed by atoms with van der Waals surface area (Å²) in [5.41, 5.74) is 7.16. The minimum Gasteiger partial charge on any atom is -0.465 e. The highest BCUT2D eigenvalue weighted by Crippen LogP contribution is 2.22. The van der Waals surface area contributed by atoms with E-state index in [1.54, 1.807) is 6.33 Å². The highest BCUT2D eigenvalue weighted by molar-refractivity contribution is 5.81. The second kappa shape index (κ2) is 5.55. The zero-order valence-electron chi connectivity index (χ0n) is 11.6. The summed E-state index contributed by atoms with van der Waals surface area (Å²) >= 11 is 0. The van der Waals surface area contributed by atoms with Crippen LogP contribution >= 0.6 is 0 Å². The van der Waals surface area contributed by atoms with Gasteiger partial charge in [0.2, 0.25) is 0 Å². The summed E-state index contributed by atoms with van der Waals surface area (Å²) in [5.74, 6) is 0.936. The molecule has 3 heterocycles. The number of hydrogen-bond acceptors (Lipinski definition) is 5. The van der Waals surface area contributed by atoms with Gasteiger partial charge in [0.1, 0.15) is 11.8 Å². The number of nitrogens with zero attached hydrogens (tertiary/aromatic N) is 5. The van der Waals surface area contributed by atoms with Crippen molar-refractivity contribution in [3.8, 4) is 0 Å². The Balaban J connectivity index is 1.60. The van der Waals surface area contributed by atoms with E-state index in [-0.39, 0.29) is 0 Å². The van der Waals surface area contributed by atoms with Crippen molar-refractivity contribution in [2.24, 2.45) is 5.92 Å². The number of imidazole rings is 1. The van der Waals surface area contributed by atoms with Gasteiger partial charge in [0, 0.05) is 19.6 Å². The SMILES string of the molecule is Nc1ncnc2c1ncn2CCC1CCN(C(=O)O)CC1. The zero-order valence-corrected chi connectivity index (χ0v) is 11.6. The summed E-state index contributed by atoms with van der Waals surface area (Å²) in [6, 6.07) is 0. The normalized spacial score (nSPS) is 16.5. The van der Waals surface area contributed by atoms with Crippen LogP contribution in [0.2, 0.25) is 0 Å². The largest absolute Gasteiger partial charge is 0.465 e. The molecule has 0 spiro atoms. The first-order valence-electron chi connectivity index (χ1n) is 7.04. The van der Waals surface area contributed by atoms with Crippen LogP contribution in [0, 0.1) is 5.92 Å². The molecule has 0 bridgehead atoms.